The van der Waals surface area contributed by atoms with Gasteiger partial charge in [0.05, 0.1) is 0 Å². The van der Waals surface area contributed by atoms with Gasteiger partial charge in [0.2, 0.25) is 23.6 Å². The number of hydrogen-bond donors (Lipinski definition) is 0. The molecule has 4 amide bonds. The molecule has 0 unspecified atom stereocenters. The van der Waals surface area contributed by atoms with Gasteiger partial charge in [-0.3, -0.25) is 29.0 Å². The third-order valence-corrected chi connectivity index (χ3v) is 8.46. The Morgan fingerprint density at radius 1 is 0.667 bits per heavy atom. The summed E-state index contributed by atoms with van der Waals surface area (Å²) in [6.45, 7) is 4.42. The van der Waals surface area contributed by atoms with Crippen molar-refractivity contribution in [2.75, 3.05) is 13.1 Å². The summed E-state index contributed by atoms with van der Waals surface area (Å²) in [5, 5.41) is 0. The average Bonchev–Trinajstić information content (AvgIpc) is 2.75. The minimum atomic E-state index is -0.908. The van der Waals surface area contributed by atoms with Crippen molar-refractivity contribution in [1.82, 2.24) is 9.80 Å². The third kappa shape index (κ3) is 3.50. The van der Waals surface area contributed by atoms with E-state index in [9.17, 15) is 19.2 Å². The fourth-order valence-electron chi connectivity index (χ4n) is 6.37. The zero-order chi connectivity index (χ0) is 21.5. The lowest BCUT2D eigenvalue weighted by Crippen LogP contribution is -2.71. The van der Waals surface area contributed by atoms with Crippen LogP contribution in [0.25, 0.3) is 0 Å². The molecule has 2 heterocycles. The molecule has 2 saturated heterocycles. The maximum atomic E-state index is 13.5. The number of likely N-dealkylation sites (tertiary alicyclic amines) is 2. The summed E-state index contributed by atoms with van der Waals surface area (Å²) < 4.78 is 0. The Balaban J connectivity index is 1.61. The lowest BCUT2D eigenvalue weighted by atomic mass is 9.59. The number of fused-ring (bicyclic) bond motifs is 2. The largest absolute Gasteiger partial charge is 0.281 e. The minimum absolute atomic E-state index is 0.293. The Morgan fingerprint density at radius 2 is 1.00 bits per heavy atom. The summed E-state index contributed by atoms with van der Waals surface area (Å²) >= 11 is 0. The van der Waals surface area contributed by atoms with Crippen LogP contribution in [0.2, 0.25) is 0 Å². The van der Waals surface area contributed by atoms with Crippen LogP contribution in [0.3, 0.4) is 0 Å². The molecule has 0 aromatic rings. The molecule has 0 N–H and O–H groups in total. The molecule has 0 atom stereocenters. The number of amides is 4. The van der Waals surface area contributed by atoms with Gasteiger partial charge in [0, 0.05) is 18.5 Å². The highest BCUT2D eigenvalue weighted by molar-refractivity contribution is 6.22. The molecule has 2 bridgehead atoms. The van der Waals surface area contributed by atoms with Gasteiger partial charge in [0.25, 0.3) is 0 Å². The Labute approximate surface area is 179 Å². The van der Waals surface area contributed by atoms with Crippen molar-refractivity contribution in [2.24, 2.45) is 29.1 Å². The van der Waals surface area contributed by atoms with Gasteiger partial charge < -0.3 is 0 Å². The van der Waals surface area contributed by atoms with Gasteiger partial charge in [-0.2, -0.15) is 0 Å². The van der Waals surface area contributed by atoms with Crippen molar-refractivity contribution in [3.05, 3.63) is 0 Å². The van der Waals surface area contributed by atoms with E-state index in [0.29, 0.717) is 31.3 Å². The number of hydrogen-bond acceptors (Lipinski definition) is 4. The standard InChI is InChI=1S/C24H36N2O4/c1-3-24(2)18-20(27)25(14-16-10-6-4-7-11-16)21(28)19(24)23(30)26(22(18)29)15-17-12-8-5-9-13-17/h16-19H,3-15H2,1-2H3. The molecule has 4 aliphatic rings. The topological polar surface area (TPSA) is 74.8 Å². The summed E-state index contributed by atoms with van der Waals surface area (Å²) in [5.41, 5.74) is -0.908. The van der Waals surface area contributed by atoms with Crippen molar-refractivity contribution in [3.63, 3.8) is 0 Å². The molecule has 0 aromatic heterocycles. The molecular formula is C24H36N2O4. The molecule has 166 valence electrons. The Bertz CT molecular complexity index is 633. The van der Waals surface area contributed by atoms with Crippen LogP contribution in [0.15, 0.2) is 0 Å². The maximum absolute atomic E-state index is 13.5. The van der Waals surface area contributed by atoms with Crippen molar-refractivity contribution in [2.45, 2.75) is 84.5 Å². The van der Waals surface area contributed by atoms with Crippen molar-refractivity contribution in [1.29, 1.82) is 0 Å². The third-order valence-electron chi connectivity index (χ3n) is 8.46. The molecule has 2 aliphatic heterocycles. The van der Waals surface area contributed by atoms with E-state index in [-0.39, 0.29) is 23.6 Å². The van der Waals surface area contributed by atoms with E-state index in [1.54, 1.807) is 6.92 Å². The maximum Gasteiger partial charge on any atom is 0.242 e. The van der Waals surface area contributed by atoms with Gasteiger partial charge in [0.15, 0.2) is 0 Å². The molecule has 4 rings (SSSR count). The molecule has 30 heavy (non-hydrogen) atoms. The predicted molar refractivity (Wildman–Crippen MR) is 112 cm³/mol. The van der Waals surface area contributed by atoms with Gasteiger partial charge in [0.1, 0.15) is 11.8 Å². The van der Waals surface area contributed by atoms with Gasteiger partial charge in [-0.15, -0.1) is 0 Å². The average molecular weight is 417 g/mol. The van der Waals surface area contributed by atoms with E-state index in [2.05, 4.69) is 0 Å². The SMILES string of the molecule is CCC1(C)C2C(=O)N(CC3CCCCC3)C(=O)C1C(=O)N(CC1CCCCC1)C2=O. The highest BCUT2D eigenvalue weighted by Gasteiger charge is 2.65. The Morgan fingerprint density at radius 3 is 1.30 bits per heavy atom. The second-order valence-electron chi connectivity index (χ2n) is 10.3. The molecule has 2 saturated carbocycles. The summed E-state index contributed by atoms with van der Waals surface area (Å²) in [6.07, 6.45) is 11.4. The number of rotatable bonds is 5. The normalized spacial score (nSPS) is 34.1. The van der Waals surface area contributed by atoms with Gasteiger partial charge in [-0.25, -0.2) is 0 Å². The zero-order valence-electron chi connectivity index (χ0n) is 18.5. The van der Waals surface area contributed by atoms with E-state index >= 15 is 0 Å². The number of nitrogens with zero attached hydrogens (tertiary/aromatic N) is 2. The van der Waals surface area contributed by atoms with Crippen LogP contribution < -0.4 is 0 Å². The smallest absolute Gasteiger partial charge is 0.242 e. The summed E-state index contributed by atoms with van der Waals surface area (Å²) in [6, 6.07) is 0. The number of imide groups is 2. The summed E-state index contributed by atoms with van der Waals surface area (Å²) in [7, 11) is 0. The van der Waals surface area contributed by atoms with Crippen LogP contribution in [0.1, 0.15) is 84.5 Å². The molecule has 6 nitrogen and oxygen atoms in total. The number of carbonyl (C=O) groups excluding carboxylic acids is 4. The second-order valence-corrected chi connectivity index (χ2v) is 10.3. The number of piperidine rings is 2. The molecule has 0 radical (unpaired) electrons. The highest BCUT2D eigenvalue weighted by Crippen LogP contribution is 2.50. The highest BCUT2D eigenvalue weighted by atomic mass is 16.2. The van der Waals surface area contributed by atoms with Crippen LogP contribution in [-0.2, 0) is 19.2 Å². The molecule has 0 aromatic carbocycles. The van der Waals surface area contributed by atoms with E-state index in [1.807, 2.05) is 6.92 Å². The minimum Gasteiger partial charge on any atom is -0.281 e. The van der Waals surface area contributed by atoms with Gasteiger partial charge in [-0.05, 0) is 43.9 Å². The van der Waals surface area contributed by atoms with Crippen LogP contribution in [0.5, 0.6) is 0 Å². The summed E-state index contributed by atoms with van der Waals surface area (Å²) in [4.78, 5) is 56.6. The second kappa shape index (κ2) is 8.43. The van der Waals surface area contributed by atoms with Crippen LogP contribution in [0, 0.1) is 29.1 Å². The molecule has 4 fully saturated rings. The fourth-order valence-corrected chi connectivity index (χ4v) is 6.37. The van der Waals surface area contributed by atoms with Crippen molar-refractivity contribution >= 4 is 23.6 Å². The first-order valence-electron chi connectivity index (χ1n) is 12.1. The van der Waals surface area contributed by atoms with Gasteiger partial charge >= 0.3 is 0 Å². The number of carbonyl (C=O) groups is 4. The first kappa shape index (κ1) is 21.5. The van der Waals surface area contributed by atoms with Crippen molar-refractivity contribution in [3.8, 4) is 0 Å². The van der Waals surface area contributed by atoms with Gasteiger partial charge in [-0.1, -0.05) is 52.4 Å². The van der Waals surface area contributed by atoms with Crippen molar-refractivity contribution < 1.29 is 19.2 Å². The first-order valence-corrected chi connectivity index (χ1v) is 12.1. The van der Waals surface area contributed by atoms with Crippen LogP contribution >= 0.6 is 0 Å². The quantitative estimate of drug-likeness (QED) is 0.508. The lowest BCUT2D eigenvalue weighted by Gasteiger charge is -2.53. The van der Waals surface area contributed by atoms with E-state index in [1.165, 1.54) is 22.6 Å². The zero-order valence-corrected chi connectivity index (χ0v) is 18.5. The van der Waals surface area contributed by atoms with Crippen LogP contribution in [-0.4, -0.2) is 46.5 Å². The van der Waals surface area contributed by atoms with Crippen LogP contribution in [0.4, 0.5) is 0 Å². The Hall–Kier alpha value is -1.72. The first-order chi connectivity index (χ1) is 14.4. The Kier molecular flexibility index (Phi) is 6.04. The molecule has 6 heteroatoms. The van der Waals surface area contributed by atoms with E-state index in [4.69, 9.17) is 0 Å². The molecule has 2 aliphatic carbocycles. The molecular weight excluding hydrogens is 380 g/mol. The van der Waals surface area contributed by atoms with E-state index < -0.39 is 17.3 Å². The monoisotopic (exact) mass is 416 g/mol. The summed E-state index contributed by atoms with van der Waals surface area (Å²) in [5.74, 6) is -2.68. The van der Waals surface area contributed by atoms with E-state index in [0.717, 1.165) is 51.4 Å². The molecule has 0 spiro atoms. The fraction of sp³-hybridized carbons (Fsp3) is 0.833. The lowest BCUT2D eigenvalue weighted by molar-refractivity contribution is -0.187. The predicted octanol–water partition coefficient (Wildman–Crippen LogP) is 3.53.